The molecule has 0 N–H and O–H groups in total. The number of hydrogen-bond acceptors (Lipinski definition) is 3. The number of sulfonamides is 1. The average Bonchev–Trinajstić information content (AvgIpc) is 2.55. The van der Waals surface area contributed by atoms with Gasteiger partial charge in [0.1, 0.15) is 0 Å². The van der Waals surface area contributed by atoms with Crippen molar-refractivity contribution in [3.05, 3.63) is 42.0 Å². The van der Waals surface area contributed by atoms with E-state index in [0.29, 0.717) is 6.61 Å². The summed E-state index contributed by atoms with van der Waals surface area (Å²) in [6, 6.07) is 6.44. The van der Waals surface area contributed by atoms with Crippen LogP contribution in [0.2, 0.25) is 18.1 Å². The van der Waals surface area contributed by atoms with E-state index in [-0.39, 0.29) is 22.5 Å². The lowest BCUT2D eigenvalue weighted by atomic mass is 10.2. The van der Waals surface area contributed by atoms with Crippen molar-refractivity contribution in [3.63, 3.8) is 0 Å². The summed E-state index contributed by atoms with van der Waals surface area (Å²) in [6.45, 7) is 15.2. The van der Waals surface area contributed by atoms with Crippen molar-refractivity contribution in [1.82, 2.24) is 4.31 Å². The average molecular weight is 408 g/mol. The van der Waals surface area contributed by atoms with E-state index in [9.17, 15) is 8.42 Å². The molecule has 0 aliphatic heterocycles. The maximum atomic E-state index is 13.0. The predicted molar refractivity (Wildman–Crippen MR) is 116 cm³/mol. The summed E-state index contributed by atoms with van der Waals surface area (Å²) in [5, 5.41) is 0.136. The van der Waals surface area contributed by atoms with E-state index in [1.165, 1.54) is 4.31 Å². The van der Waals surface area contributed by atoms with Crippen LogP contribution in [0, 0.1) is 19.3 Å². The molecule has 0 spiro atoms. The highest BCUT2D eigenvalue weighted by atomic mass is 32.2. The Bertz CT molecular complexity index is 784. The lowest BCUT2D eigenvalue weighted by molar-refractivity contribution is 0.326. The molecule has 0 aliphatic carbocycles. The maximum absolute atomic E-state index is 13.0. The fourth-order valence-corrected chi connectivity index (χ4v) is 4.65. The van der Waals surface area contributed by atoms with Crippen molar-refractivity contribution >= 4 is 18.3 Å². The molecule has 6 heteroatoms. The SMILES string of the molecule is C#CCN([C@H](C)/C=C/CO[Si](C)(C)C(C)(C)C)S(=O)(=O)c1ccc(C)cc1. The predicted octanol–water partition coefficient (Wildman–Crippen LogP) is 4.59. The molecule has 0 unspecified atom stereocenters. The molecule has 1 aromatic rings. The fraction of sp³-hybridized carbons (Fsp3) is 0.524. The second-order valence-corrected chi connectivity index (χ2v) is 15.0. The van der Waals surface area contributed by atoms with Crippen LogP contribution in [0.25, 0.3) is 0 Å². The van der Waals surface area contributed by atoms with E-state index in [1.807, 2.05) is 26.0 Å². The molecule has 1 rings (SSSR count). The first-order chi connectivity index (χ1) is 12.3. The topological polar surface area (TPSA) is 46.6 Å². The smallest absolute Gasteiger partial charge is 0.244 e. The molecule has 0 radical (unpaired) electrons. The van der Waals surface area contributed by atoms with Gasteiger partial charge in [-0.05, 0) is 44.1 Å². The van der Waals surface area contributed by atoms with Crippen LogP contribution in [0.5, 0.6) is 0 Å². The number of hydrogen-bond donors (Lipinski definition) is 0. The molecule has 4 nitrogen and oxygen atoms in total. The second-order valence-electron chi connectivity index (χ2n) is 8.31. The van der Waals surface area contributed by atoms with Gasteiger partial charge in [0.05, 0.1) is 18.0 Å². The summed E-state index contributed by atoms with van der Waals surface area (Å²) >= 11 is 0. The van der Waals surface area contributed by atoms with Crippen molar-refractivity contribution in [2.45, 2.75) is 63.7 Å². The van der Waals surface area contributed by atoms with Crippen LogP contribution in [0.1, 0.15) is 33.3 Å². The van der Waals surface area contributed by atoms with E-state index < -0.39 is 18.3 Å². The summed E-state index contributed by atoms with van der Waals surface area (Å²) in [5.74, 6) is 2.46. The zero-order valence-electron chi connectivity index (χ0n) is 17.6. The van der Waals surface area contributed by atoms with E-state index >= 15 is 0 Å². The molecule has 0 saturated carbocycles. The zero-order chi connectivity index (χ0) is 20.9. The number of nitrogens with zero attached hydrogens (tertiary/aromatic N) is 1. The minimum absolute atomic E-state index is 0.0187. The Morgan fingerprint density at radius 1 is 1.26 bits per heavy atom. The molecule has 1 atom stereocenters. The first-order valence-corrected chi connectivity index (χ1v) is 13.5. The molecule has 0 aliphatic rings. The molecule has 0 heterocycles. The monoisotopic (exact) mass is 407 g/mol. The number of terminal acetylenes is 1. The van der Waals surface area contributed by atoms with Gasteiger partial charge in [-0.15, -0.1) is 6.42 Å². The van der Waals surface area contributed by atoms with Gasteiger partial charge in [-0.3, -0.25) is 0 Å². The van der Waals surface area contributed by atoms with Crippen LogP contribution >= 0.6 is 0 Å². The zero-order valence-corrected chi connectivity index (χ0v) is 19.4. The van der Waals surface area contributed by atoms with Crippen LogP contribution in [-0.2, 0) is 14.4 Å². The molecule has 150 valence electrons. The molecule has 0 bridgehead atoms. The minimum atomic E-state index is -3.66. The Morgan fingerprint density at radius 3 is 2.30 bits per heavy atom. The van der Waals surface area contributed by atoms with Gasteiger partial charge >= 0.3 is 0 Å². The van der Waals surface area contributed by atoms with Gasteiger partial charge in [0.15, 0.2) is 8.32 Å². The molecule has 0 amide bonds. The van der Waals surface area contributed by atoms with Gasteiger partial charge in [-0.25, -0.2) is 8.42 Å². The Kier molecular flexibility index (Phi) is 8.06. The maximum Gasteiger partial charge on any atom is 0.244 e. The molecule has 0 saturated heterocycles. The third-order valence-corrected chi connectivity index (χ3v) is 11.5. The van der Waals surface area contributed by atoms with Crippen molar-refractivity contribution in [2.24, 2.45) is 0 Å². The fourth-order valence-electron chi connectivity index (χ4n) is 2.20. The van der Waals surface area contributed by atoms with Gasteiger partial charge in [0.25, 0.3) is 0 Å². The lowest BCUT2D eigenvalue weighted by Gasteiger charge is -2.35. The number of rotatable bonds is 8. The van der Waals surface area contributed by atoms with E-state index in [2.05, 4.69) is 39.8 Å². The van der Waals surface area contributed by atoms with Crippen molar-refractivity contribution < 1.29 is 12.8 Å². The van der Waals surface area contributed by atoms with Crippen LogP contribution in [0.3, 0.4) is 0 Å². The van der Waals surface area contributed by atoms with Gasteiger partial charge in [0, 0.05) is 6.04 Å². The highest BCUT2D eigenvalue weighted by Crippen LogP contribution is 2.36. The second kappa shape index (κ2) is 9.20. The summed E-state index contributed by atoms with van der Waals surface area (Å²) < 4.78 is 33.4. The van der Waals surface area contributed by atoms with Gasteiger partial charge in [-0.1, -0.05) is 56.5 Å². The van der Waals surface area contributed by atoms with E-state index in [0.717, 1.165) is 5.56 Å². The Balaban J connectivity index is 2.91. The Morgan fingerprint density at radius 2 is 1.81 bits per heavy atom. The summed E-state index contributed by atoms with van der Waals surface area (Å²) in [7, 11) is -5.49. The van der Waals surface area contributed by atoms with Crippen LogP contribution in [0.15, 0.2) is 41.3 Å². The summed E-state index contributed by atoms with van der Waals surface area (Å²) in [6.07, 6.45) is 9.16. The first kappa shape index (κ1) is 23.6. The first-order valence-electron chi connectivity index (χ1n) is 9.15. The summed E-state index contributed by atoms with van der Waals surface area (Å²) in [4.78, 5) is 0.251. The molecular formula is C21H33NO3SSi. The van der Waals surface area contributed by atoms with Gasteiger partial charge in [-0.2, -0.15) is 4.31 Å². The van der Waals surface area contributed by atoms with Crippen molar-refractivity contribution in [1.29, 1.82) is 0 Å². The standard InChI is InChI=1S/C21H33NO3SSi/c1-9-16-22(26(23,24)20-14-12-18(2)13-15-20)19(3)11-10-17-25-27(7,8)21(4,5)6/h1,10-15,19H,16-17H2,2-8H3/b11-10+/t19-/m1/s1. The van der Waals surface area contributed by atoms with Crippen LogP contribution in [-0.4, -0.2) is 40.2 Å². The minimum Gasteiger partial charge on any atom is -0.413 e. The van der Waals surface area contributed by atoms with Crippen molar-refractivity contribution in [3.8, 4) is 12.3 Å². The van der Waals surface area contributed by atoms with E-state index in [4.69, 9.17) is 10.8 Å². The number of aryl methyl sites for hydroxylation is 1. The van der Waals surface area contributed by atoms with Crippen LogP contribution < -0.4 is 0 Å². The lowest BCUT2D eigenvalue weighted by Crippen LogP contribution is -2.41. The highest BCUT2D eigenvalue weighted by Gasteiger charge is 2.36. The number of benzene rings is 1. The summed E-state index contributed by atoms with van der Waals surface area (Å²) in [5.41, 5.74) is 1.01. The molecule has 27 heavy (non-hydrogen) atoms. The third kappa shape index (κ3) is 6.32. The molecule has 0 fully saturated rings. The van der Waals surface area contributed by atoms with Gasteiger partial charge in [0.2, 0.25) is 10.0 Å². The molecular weight excluding hydrogens is 374 g/mol. The normalized spacial score (nSPS) is 14.5. The van der Waals surface area contributed by atoms with Crippen LogP contribution in [0.4, 0.5) is 0 Å². The molecule has 0 aromatic heterocycles. The van der Waals surface area contributed by atoms with Crippen molar-refractivity contribution in [2.75, 3.05) is 13.2 Å². The largest absolute Gasteiger partial charge is 0.413 e. The van der Waals surface area contributed by atoms with Gasteiger partial charge < -0.3 is 4.43 Å². The molecule has 1 aromatic carbocycles. The Hall–Kier alpha value is -1.39. The highest BCUT2D eigenvalue weighted by molar-refractivity contribution is 7.89. The third-order valence-electron chi connectivity index (χ3n) is 5.09. The quantitative estimate of drug-likeness (QED) is 0.360. The van der Waals surface area contributed by atoms with E-state index in [1.54, 1.807) is 24.3 Å². The Labute approximate surface area is 166 Å².